The molecule has 172 valence electrons. The molecule has 1 unspecified atom stereocenters. The second kappa shape index (κ2) is 9.69. The molecule has 6 nitrogen and oxygen atoms in total. The molecule has 0 spiro atoms. The molecule has 7 heteroatoms. The van der Waals surface area contributed by atoms with Crippen molar-refractivity contribution in [3.05, 3.63) is 105 Å². The van der Waals surface area contributed by atoms with E-state index in [1.54, 1.807) is 36.7 Å². The van der Waals surface area contributed by atoms with Crippen LogP contribution in [0.1, 0.15) is 46.8 Å². The van der Waals surface area contributed by atoms with Gasteiger partial charge in [-0.15, -0.1) is 0 Å². The Balaban J connectivity index is 1.46. The monoisotopic (exact) mass is 472 g/mol. The number of carbonyl (C=O) groups excluding carboxylic acids is 1. The smallest absolute Gasteiger partial charge is 0.253 e. The molecule has 2 aromatic carbocycles. The summed E-state index contributed by atoms with van der Waals surface area (Å²) in [7, 11) is 0. The van der Waals surface area contributed by atoms with Gasteiger partial charge in [0.1, 0.15) is 5.82 Å². The molecule has 2 N–H and O–H groups in total. The van der Waals surface area contributed by atoms with Crippen LogP contribution in [-0.2, 0) is 0 Å². The summed E-state index contributed by atoms with van der Waals surface area (Å²) in [6.45, 7) is 1.98. The predicted octanol–water partition coefficient (Wildman–Crippen LogP) is 5.09. The second-order valence-electron chi connectivity index (χ2n) is 8.53. The molecule has 2 aromatic heterocycles. The molecule has 0 radical (unpaired) electrons. The summed E-state index contributed by atoms with van der Waals surface area (Å²) in [4.78, 5) is 36.5. The van der Waals surface area contributed by atoms with Gasteiger partial charge in [-0.25, -0.2) is 4.98 Å². The first-order valence-electron chi connectivity index (χ1n) is 11.5. The number of hydrogen-bond donors (Lipinski definition) is 2. The van der Waals surface area contributed by atoms with Crippen LogP contribution in [0, 0.1) is 0 Å². The van der Waals surface area contributed by atoms with E-state index in [4.69, 9.17) is 11.6 Å². The lowest BCUT2D eigenvalue weighted by Crippen LogP contribution is -2.33. The highest BCUT2D eigenvalue weighted by molar-refractivity contribution is 6.31. The van der Waals surface area contributed by atoms with Gasteiger partial charge in [-0.05, 0) is 55.2 Å². The Morgan fingerprint density at radius 2 is 1.82 bits per heavy atom. The first-order chi connectivity index (χ1) is 16.6. The maximum atomic E-state index is 13.4. The van der Waals surface area contributed by atoms with Gasteiger partial charge in [0.05, 0.1) is 17.1 Å². The Morgan fingerprint density at radius 1 is 1.03 bits per heavy atom. The largest absolute Gasteiger partial charge is 0.361 e. The van der Waals surface area contributed by atoms with Crippen LogP contribution in [-0.4, -0.2) is 29.0 Å². The van der Waals surface area contributed by atoms with Crippen LogP contribution in [0.3, 0.4) is 0 Å². The lowest BCUT2D eigenvalue weighted by Gasteiger charge is -2.27. The second-order valence-corrected chi connectivity index (χ2v) is 8.97. The minimum atomic E-state index is -0.626. The summed E-state index contributed by atoms with van der Waals surface area (Å²) in [6, 6.07) is 17.6. The summed E-state index contributed by atoms with van der Waals surface area (Å²) < 4.78 is 0. The van der Waals surface area contributed by atoms with Crippen molar-refractivity contribution in [1.29, 1.82) is 0 Å². The van der Waals surface area contributed by atoms with Gasteiger partial charge < -0.3 is 15.2 Å². The van der Waals surface area contributed by atoms with Crippen molar-refractivity contribution < 1.29 is 4.79 Å². The average Bonchev–Trinajstić information content (AvgIpc) is 2.89. The molecule has 1 amide bonds. The molecular formula is C27H25ClN4O2. The van der Waals surface area contributed by atoms with Crippen LogP contribution in [0.15, 0.2) is 77.9 Å². The van der Waals surface area contributed by atoms with E-state index in [-0.39, 0.29) is 11.3 Å². The van der Waals surface area contributed by atoms with Crippen LogP contribution in [0.5, 0.6) is 0 Å². The minimum Gasteiger partial charge on any atom is -0.361 e. The molecule has 1 aliphatic heterocycles. The van der Waals surface area contributed by atoms with Crippen LogP contribution < -0.4 is 15.6 Å². The Bertz CT molecular complexity index is 1360. The zero-order chi connectivity index (χ0) is 23.5. The van der Waals surface area contributed by atoms with Gasteiger partial charge in [-0.2, -0.15) is 0 Å². The normalized spacial score (nSPS) is 14.7. The SMILES string of the molecule is O=C(NC(c1ccccc1)c1c[nH]c2cc(Cl)ccc2c1=O)c1ccc(N2CCCCC2)nc1. The fourth-order valence-electron chi connectivity index (χ4n) is 4.46. The molecule has 34 heavy (non-hydrogen) atoms. The van der Waals surface area contributed by atoms with Gasteiger partial charge >= 0.3 is 0 Å². The quantitative estimate of drug-likeness (QED) is 0.424. The molecule has 3 heterocycles. The van der Waals surface area contributed by atoms with Crippen LogP contribution in [0.2, 0.25) is 5.02 Å². The first-order valence-corrected chi connectivity index (χ1v) is 11.9. The summed E-state index contributed by atoms with van der Waals surface area (Å²) >= 11 is 6.08. The van der Waals surface area contributed by atoms with Crippen LogP contribution in [0.25, 0.3) is 10.9 Å². The molecule has 0 aliphatic carbocycles. The highest BCUT2D eigenvalue weighted by Gasteiger charge is 2.22. The summed E-state index contributed by atoms with van der Waals surface area (Å²) in [6.07, 6.45) is 6.83. The van der Waals surface area contributed by atoms with Gasteiger partial charge in [0.2, 0.25) is 0 Å². The Labute approximate surface area is 202 Å². The van der Waals surface area contributed by atoms with E-state index in [0.717, 1.165) is 37.3 Å². The number of fused-ring (bicyclic) bond motifs is 1. The number of piperidine rings is 1. The van der Waals surface area contributed by atoms with Crippen molar-refractivity contribution in [1.82, 2.24) is 15.3 Å². The number of nitrogens with zero attached hydrogens (tertiary/aromatic N) is 2. The summed E-state index contributed by atoms with van der Waals surface area (Å²) in [5.74, 6) is 0.600. The molecule has 5 rings (SSSR count). The third-order valence-electron chi connectivity index (χ3n) is 6.28. The lowest BCUT2D eigenvalue weighted by atomic mass is 9.98. The molecule has 1 saturated heterocycles. The molecule has 4 aromatic rings. The minimum absolute atomic E-state index is 0.154. The topological polar surface area (TPSA) is 78.1 Å². The zero-order valence-corrected chi connectivity index (χ0v) is 19.4. The number of amides is 1. The first kappa shape index (κ1) is 22.2. The van der Waals surface area contributed by atoms with Crippen LogP contribution >= 0.6 is 11.6 Å². The Hall–Kier alpha value is -3.64. The number of aromatic amines is 1. The standard InChI is InChI=1S/C27H25ClN4O2/c28-20-10-11-21-23(15-20)29-17-22(26(21)33)25(18-7-3-1-4-8-18)31-27(34)19-9-12-24(30-16-19)32-13-5-2-6-14-32/h1,3-4,7-12,15-17,25H,2,5-6,13-14H2,(H,29,33)(H,31,34). The van der Waals surface area contributed by atoms with Gasteiger partial charge in [0.15, 0.2) is 5.43 Å². The van der Waals surface area contributed by atoms with E-state index < -0.39 is 6.04 Å². The van der Waals surface area contributed by atoms with Crippen molar-refractivity contribution in [2.24, 2.45) is 0 Å². The van der Waals surface area contributed by atoms with E-state index in [2.05, 4.69) is 20.2 Å². The number of aromatic nitrogens is 2. The number of carbonyl (C=O) groups is 1. The summed E-state index contributed by atoms with van der Waals surface area (Å²) in [5, 5.41) is 4.11. The summed E-state index contributed by atoms with van der Waals surface area (Å²) in [5.41, 5.74) is 2.21. The number of hydrogen-bond acceptors (Lipinski definition) is 4. The number of anilines is 1. The Kier molecular flexibility index (Phi) is 6.32. The van der Waals surface area contributed by atoms with Crippen LogP contribution in [0.4, 0.5) is 5.82 Å². The van der Waals surface area contributed by atoms with Crippen molar-refractivity contribution in [3.63, 3.8) is 0 Å². The molecule has 0 bridgehead atoms. The number of H-pyrrole nitrogens is 1. The molecule has 1 fully saturated rings. The third kappa shape index (κ3) is 4.54. The van der Waals surface area contributed by atoms with Gasteiger partial charge in [-0.3, -0.25) is 9.59 Å². The van der Waals surface area contributed by atoms with Crippen molar-refractivity contribution >= 4 is 34.2 Å². The maximum absolute atomic E-state index is 13.4. The van der Waals surface area contributed by atoms with Crippen molar-refractivity contribution in [2.45, 2.75) is 25.3 Å². The lowest BCUT2D eigenvalue weighted by molar-refractivity contribution is 0.0942. The third-order valence-corrected chi connectivity index (χ3v) is 6.52. The van der Waals surface area contributed by atoms with Gasteiger partial charge in [-0.1, -0.05) is 41.9 Å². The average molecular weight is 473 g/mol. The fourth-order valence-corrected chi connectivity index (χ4v) is 4.63. The number of benzene rings is 2. The number of rotatable bonds is 5. The van der Waals surface area contributed by atoms with E-state index in [9.17, 15) is 9.59 Å². The van der Waals surface area contributed by atoms with E-state index in [1.165, 1.54) is 6.42 Å². The number of nitrogens with one attached hydrogen (secondary N) is 2. The number of pyridine rings is 2. The predicted molar refractivity (Wildman–Crippen MR) is 136 cm³/mol. The van der Waals surface area contributed by atoms with Crippen molar-refractivity contribution in [3.8, 4) is 0 Å². The van der Waals surface area contributed by atoms with Gasteiger partial charge in [0.25, 0.3) is 5.91 Å². The molecule has 1 aliphatic rings. The van der Waals surface area contributed by atoms with Crippen molar-refractivity contribution in [2.75, 3.05) is 18.0 Å². The fraction of sp³-hybridized carbons (Fsp3) is 0.222. The van der Waals surface area contributed by atoms with Gasteiger partial charge in [0, 0.05) is 41.5 Å². The van der Waals surface area contributed by atoms with E-state index in [1.807, 2.05) is 36.4 Å². The van der Waals surface area contributed by atoms with E-state index in [0.29, 0.717) is 27.1 Å². The highest BCUT2D eigenvalue weighted by atomic mass is 35.5. The Morgan fingerprint density at radius 3 is 2.56 bits per heavy atom. The molecule has 0 saturated carbocycles. The maximum Gasteiger partial charge on any atom is 0.253 e. The molecular weight excluding hydrogens is 448 g/mol. The molecule has 1 atom stereocenters. The van der Waals surface area contributed by atoms with E-state index >= 15 is 0 Å². The number of halogens is 1. The highest BCUT2D eigenvalue weighted by Crippen LogP contribution is 2.23. The zero-order valence-electron chi connectivity index (χ0n) is 18.6.